The molecule has 0 aliphatic heterocycles. The van der Waals surface area contributed by atoms with Crippen molar-refractivity contribution in [2.45, 2.75) is 31.7 Å². The van der Waals surface area contributed by atoms with Gasteiger partial charge in [-0.1, -0.05) is 41.4 Å². The van der Waals surface area contributed by atoms with Crippen LogP contribution in [0.1, 0.15) is 40.0 Å². The van der Waals surface area contributed by atoms with Gasteiger partial charge in [0.2, 0.25) is 0 Å². The molecule has 6 nitrogen and oxygen atoms in total. The molecule has 3 rings (SSSR count). The predicted molar refractivity (Wildman–Crippen MR) is 127 cm³/mol. The third kappa shape index (κ3) is 5.41. The van der Waals surface area contributed by atoms with Crippen LogP contribution in [0, 0.1) is 13.8 Å². The number of hydrogen-bond donors (Lipinski definition) is 2. The molecule has 0 aliphatic carbocycles. The van der Waals surface area contributed by atoms with Gasteiger partial charge in [0.15, 0.2) is 0 Å². The average Bonchev–Trinajstić information content (AvgIpc) is 2.75. The zero-order valence-electron chi connectivity index (χ0n) is 18.3. The number of halogens is 1. The van der Waals surface area contributed by atoms with Gasteiger partial charge in [-0.25, -0.2) is 8.42 Å². The maximum absolute atomic E-state index is 13.0. The number of aryl methyl sites for hydroxylation is 2. The van der Waals surface area contributed by atoms with Crippen LogP contribution in [0.25, 0.3) is 0 Å². The number of sulfonamides is 1. The summed E-state index contributed by atoms with van der Waals surface area (Å²) >= 11 is 6.18. The van der Waals surface area contributed by atoms with Crippen molar-refractivity contribution in [2.24, 2.45) is 0 Å². The molecule has 0 saturated heterocycles. The highest BCUT2D eigenvalue weighted by Crippen LogP contribution is 2.27. The molecule has 2 N–H and O–H groups in total. The fraction of sp³-hybridized carbons (Fsp3) is 0.208. The Morgan fingerprint density at radius 2 is 1.69 bits per heavy atom. The van der Waals surface area contributed by atoms with Crippen molar-refractivity contribution in [1.82, 2.24) is 5.32 Å². The summed E-state index contributed by atoms with van der Waals surface area (Å²) in [7, 11) is -2.41. The molecule has 1 atom stereocenters. The van der Waals surface area contributed by atoms with E-state index in [9.17, 15) is 13.2 Å². The molecule has 3 aromatic rings. The van der Waals surface area contributed by atoms with E-state index in [1.54, 1.807) is 13.2 Å². The Labute approximate surface area is 193 Å². The highest BCUT2D eigenvalue weighted by Gasteiger charge is 2.22. The fourth-order valence-electron chi connectivity index (χ4n) is 3.23. The molecule has 0 aromatic heterocycles. The Balaban J connectivity index is 1.82. The summed E-state index contributed by atoms with van der Waals surface area (Å²) in [5.41, 5.74) is 3.34. The molecule has 0 fully saturated rings. The summed E-state index contributed by atoms with van der Waals surface area (Å²) in [6.45, 7) is 5.59. The summed E-state index contributed by atoms with van der Waals surface area (Å²) in [5.74, 6) is 0.309. The van der Waals surface area contributed by atoms with Gasteiger partial charge in [0, 0.05) is 5.56 Å². The van der Waals surface area contributed by atoms with Crippen LogP contribution < -0.4 is 14.8 Å². The number of rotatable bonds is 7. The van der Waals surface area contributed by atoms with Crippen LogP contribution in [0.3, 0.4) is 0 Å². The lowest BCUT2D eigenvalue weighted by Crippen LogP contribution is -2.27. The quantitative estimate of drug-likeness (QED) is 0.491. The first-order valence-corrected chi connectivity index (χ1v) is 11.8. The summed E-state index contributed by atoms with van der Waals surface area (Å²) in [6, 6.07) is 16.6. The SMILES string of the molecule is COc1ccc(C(C)NC(=O)c2ccc(Cl)c(S(=O)(=O)Nc3ccc(C)cc3C)c2)cc1. The van der Waals surface area contributed by atoms with Crippen molar-refractivity contribution in [2.75, 3.05) is 11.8 Å². The number of anilines is 1. The maximum atomic E-state index is 13.0. The summed E-state index contributed by atoms with van der Waals surface area (Å²) in [5, 5.41) is 2.90. The lowest BCUT2D eigenvalue weighted by Gasteiger charge is -2.16. The van der Waals surface area contributed by atoms with Gasteiger partial charge >= 0.3 is 0 Å². The lowest BCUT2D eigenvalue weighted by molar-refractivity contribution is 0.0939. The van der Waals surface area contributed by atoms with Crippen LogP contribution in [-0.2, 0) is 10.0 Å². The van der Waals surface area contributed by atoms with E-state index in [0.29, 0.717) is 5.69 Å². The molecule has 0 heterocycles. The third-order valence-corrected chi connectivity index (χ3v) is 6.92. The molecule has 0 bridgehead atoms. The number of ether oxygens (including phenoxy) is 1. The second kappa shape index (κ2) is 9.63. The molecule has 32 heavy (non-hydrogen) atoms. The van der Waals surface area contributed by atoms with Gasteiger partial charge in [-0.15, -0.1) is 0 Å². The van der Waals surface area contributed by atoms with E-state index in [-0.39, 0.29) is 21.5 Å². The van der Waals surface area contributed by atoms with Crippen LogP contribution in [0.15, 0.2) is 65.6 Å². The second-order valence-corrected chi connectivity index (χ2v) is 9.60. The van der Waals surface area contributed by atoms with E-state index in [1.165, 1.54) is 18.2 Å². The van der Waals surface area contributed by atoms with Crippen LogP contribution in [0.2, 0.25) is 5.02 Å². The summed E-state index contributed by atoms with van der Waals surface area (Å²) < 4.78 is 33.7. The van der Waals surface area contributed by atoms with Gasteiger partial charge in [0.05, 0.1) is 23.9 Å². The lowest BCUT2D eigenvalue weighted by atomic mass is 10.1. The number of carbonyl (C=O) groups excluding carboxylic acids is 1. The van der Waals surface area contributed by atoms with Crippen LogP contribution in [0.5, 0.6) is 5.75 Å². The molecule has 1 unspecified atom stereocenters. The van der Waals surface area contributed by atoms with Crippen molar-refractivity contribution in [1.29, 1.82) is 0 Å². The minimum atomic E-state index is -4.00. The Morgan fingerprint density at radius 3 is 2.31 bits per heavy atom. The molecule has 0 aliphatic rings. The molecule has 0 saturated carbocycles. The standard InChI is InChI=1S/C24H25ClN2O4S/c1-15-5-12-22(16(2)13-15)27-32(29,30)23-14-19(8-11-21(23)25)24(28)26-17(3)18-6-9-20(31-4)10-7-18/h5-14,17,27H,1-4H3,(H,26,28). The molecule has 0 radical (unpaired) electrons. The van der Waals surface area contributed by atoms with Gasteiger partial charge in [0.25, 0.3) is 15.9 Å². The van der Waals surface area contributed by atoms with Gasteiger partial charge in [-0.05, 0) is 68.3 Å². The number of amides is 1. The van der Waals surface area contributed by atoms with Crippen LogP contribution in [0.4, 0.5) is 5.69 Å². The molecule has 168 valence electrons. The first kappa shape index (κ1) is 23.6. The number of carbonyl (C=O) groups is 1. The van der Waals surface area contributed by atoms with E-state index in [0.717, 1.165) is 22.4 Å². The minimum Gasteiger partial charge on any atom is -0.497 e. The zero-order chi connectivity index (χ0) is 23.5. The van der Waals surface area contributed by atoms with E-state index in [2.05, 4.69) is 10.0 Å². The molecule has 3 aromatic carbocycles. The van der Waals surface area contributed by atoms with E-state index in [1.807, 2.05) is 57.2 Å². The van der Waals surface area contributed by atoms with Crippen molar-refractivity contribution < 1.29 is 17.9 Å². The maximum Gasteiger partial charge on any atom is 0.263 e. The summed E-state index contributed by atoms with van der Waals surface area (Å²) in [6.07, 6.45) is 0. The Kier molecular flexibility index (Phi) is 7.11. The third-order valence-electron chi connectivity index (χ3n) is 5.07. The predicted octanol–water partition coefficient (Wildman–Crippen LogP) is 5.26. The fourth-order valence-corrected chi connectivity index (χ4v) is 4.89. The molecular formula is C24H25ClN2O4S. The Hall–Kier alpha value is -3.03. The monoisotopic (exact) mass is 472 g/mol. The molecule has 0 spiro atoms. The van der Waals surface area contributed by atoms with Gasteiger partial charge in [-0.3, -0.25) is 9.52 Å². The van der Waals surface area contributed by atoms with Crippen LogP contribution in [-0.4, -0.2) is 21.4 Å². The topological polar surface area (TPSA) is 84.5 Å². The number of nitrogens with one attached hydrogen (secondary N) is 2. The van der Waals surface area contributed by atoms with Gasteiger partial charge in [0.1, 0.15) is 10.6 Å². The molecular weight excluding hydrogens is 448 g/mol. The largest absolute Gasteiger partial charge is 0.497 e. The number of methoxy groups -OCH3 is 1. The van der Waals surface area contributed by atoms with E-state index < -0.39 is 15.9 Å². The number of benzene rings is 3. The Bertz CT molecular complexity index is 1240. The first-order valence-electron chi connectivity index (χ1n) is 9.95. The Morgan fingerprint density at radius 1 is 1.00 bits per heavy atom. The van der Waals surface area contributed by atoms with Crippen LogP contribution >= 0.6 is 11.6 Å². The summed E-state index contributed by atoms with van der Waals surface area (Å²) in [4.78, 5) is 12.6. The van der Waals surface area contributed by atoms with E-state index >= 15 is 0 Å². The van der Waals surface area contributed by atoms with Crippen molar-refractivity contribution >= 4 is 33.2 Å². The minimum absolute atomic E-state index is 0.0296. The first-order chi connectivity index (χ1) is 15.1. The van der Waals surface area contributed by atoms with Gasteiger partial charge < -0.3 is 10.1 Å². The average molecular weight is 473 g/mol. The highest BCUT2D eigenvalue weighted by molar-refractivity contribution is 7.92. The van der Waals surface area contributed by atoms with Crippen molar-refractivity contribution in [3.05, 3.63) is 87.9 Å². The van der Waals surface area contributed by atoms with E-state index in [4.69, 9.17) is 16.3 Å². The number of hydrogen-bond acceptors (Lipinski definition) is 4. The zero-order valence-corrected chi connectivity index (χ0v) is 19.8. The highest BCUT2D eigenvalue weighted by atomic mass is 35.5. The van der Waals surface area contributed by atoms with Gasteiger partial charge in [-0.2, -0.15) is 0 Å². The molecule has 8 heteroatoms. The second-order valence-electron chi connectivity index (χ2n) is 7.54. The normalized spacial score (nSPS) is 12.2. The van der Waals surface area contributed by atoms with Crippen molar-refractivity contribution in [3.63, 3.8) is 0 Å². The van der Waals surface area contributed by atoms with Crippen molar-refractivity contribution in [3.8, 4) is 5.75 Å². The molecule has 1 amide bonds. The smallest absolute Gasteiger partial charge is 0.263 e.